The molecule has 3 aromatic rings. The van der Waals surface area contributed by atoms with Crippen LogP contribution in [0, 0.1) is 13.8 Å². The predicted octanol–water partition coefficient (Wildman–Crippen LogP) is 1.89. The Balaban J connectivity index is 1.91. The molecule has 0 aromatic carbocycles. The molecule has 0 aliphatic carbocycles. The van der Waals surface area contributed by atoms with Gasteiger partial charge < -0.3 is 4.90 Å². The Morgan fingerprint density at radius 2 is 1.83 bits per heavy atom. The Kier molecular flexibility index (Phi) is 4.28. The highest BCUT2D eigenvalue weighted by atomic mass is 15.4. The Hall–Kier alpha value is -2.77. The lowest BCUT2D eigenvalue weighted by atomic mass is 10.4. The molecule has 0 saturated heterocycles. The molecule has 0 saturated carbocycles. The van der Waals surface area contributed by atoms with Gasteiger partial charge in [-0.1, -0.05) is 0 Å². The Bertz CT molecular complexity index is 846. The lowest BCUT2D eigenvalue weighted by Crippen LogP contribution is -2.23. The smallest absolute Gasteiger partial charge is 0.245 e. The predicted molar refractivity (Wildman–Crippen MR) is 93.7 cm³/mol. The molecule has 0 amide bonds. The van der Waals surface area contributed by atoms with Crippen molar-refractivity contribution in [1.82, 2.24) is 34.3 Å². The summed E-state index contributed by atoms with van der Waals surface area (Å²) in [5.41, 5.74) is 2.58. The summed E-state index contributed by atoms with van der Waals surface area (Å²) in [7, 11) is 1.88. The number of aryl methyl sites for hydroxylation is 3. The zero-order chi connectivity index (χ0) is 17.3. The van der Waals surface area contributed by atoms with Crippen LogP contribution >= 0.6 is 0 Å². The summed E-state index contributed by atoms with van der Waals surface area (Å²) >= 11 is 0. The maximum absolute atomic E-state index is 4.57. The van der Waals surface area contributed by atoms with Crippen LogP contribution < -0.4 is 4.90 Å². The van der Waals surface area contributed by atoms with Crippen LogP contribution in [0.25, 0.3) is 17.8 Å². The van der Waals surface area contributed by atoms with Gasteiger partial charge in [0.15, 0.2) is 17.3 Å². The van der Waals surface area contributed by atoms with Crippen molar-refractivity contribution in [3.8, 4) is 0 Å². The van der Waals surface area contributed by atoms with E-state index in [-0.39, 0.29) is 0 Å². The number of aromatic nitrogens is 7. The molecule has 3 rings (SSSR count). The first-order valence-electron chi connectivity index (χ1n) is 8.06. The average Bonchev–Trinajstić information content (AvgIpc) is 3.15. The summed E-state index contributed by atoms with van der Waals surface area (Å²) in [5.74, 6) is 2.13. The normalized spacial score (nSPS) is 11.7. The monoisotopic (exact) mass is 326 g/mol. The molecule has 0 aliphatic rings. The van der Waals surface area contributed by atoms with Crippen molar-refractivity contribution in [2.45, 2.75) is 27.7 Å². The SMILES string of the molecule is CCN(CC)c1nc(C=Cc2nc3c(C)ncc(C)n3n2)n(C)n1. The fourth-order valence-corrected chi connectivity index (χ4v) is 2.50. The Morgan fingerprint density at radius 1 is 1.08 bits per heavy atom. The summed E-state index contributed by atoms with van der Waals surface area (Å²) in [5, 5.41) is 8.96. The largest absolute Gasteiger partial charge is 0.340 e. The van der Waals surface area contributed by atoms with Crippen molar-refractivity contribution >= 4 is 23.7 Å². The second-order valence-electron chi connectivity index (χ2n) is 5.59. The summed E-state index contributed by atoms with van der Waals surface area (Å²) in [6, 6.07) is 0. The number of nitrogens with zero attached hydrogens (tertiary/aromatic N) is 8. The highest BCUT2D eigenvalue weighted by Crippen LogP contribution is 2.12. The number of anilines is 1. The van der Waals surface area contributed by atoms with Gasteiger partial charge in [-0.2, -0.15) is 4.98 Å². The molecule has 0 spiro atoms. The van der Waals surface area contributed by atoms with Gasteiger partial charge >= 0.3 is 0 Å². The molecular formula is C16H22N8. The molecule has 0 unspecified atom stereocenters. The zero-order valence-corrected chi connectivity index (χ0v) is 14.7. The van der Waals surface area contributed by atoms with Gasteiger partial charge in [0.25, 0.3) is 0 Å². The number of rotatable bonds is 5. The van der Waals surface area contributed by atoms with E-state index >= 15 is 0 Å². The van der Waals surface area contributed by atoms with Crippen LogP contribution in [-0.2, 0) is 7.05 Å². The Morgan fingerprint density at radius 3 is 2.50 bits per heavy atom. The van der Waals surface area contributed by atoms with Gasteiger partial charge in [-0.05, 0) is 39.8 Å². The first-order valence-corrected chi connectivity index (χ1v) is 8.06. The molecule has 0 bridgehead atoms. The van der Waals surface area contributed by atoms with Gasteiger partial charge in [-0.3, -0.25) is 4.98 Å². The highest BCUT2D eigenvalue weighted by molar-refractivity contribution is 5.65. The molecule has 3 aromatic heterocycles. The highest BCUT2D eigenvalue weighted by Gasteiger charge is 2.11. The lowest BCUT2D eigenvalue weighted by Gasteiger charge is -2.15. The topological polar surface area (TPSA) is 77.0 Å². The molecule has 3 heterocycles. The summed E-state index contributed by atoms with van der Waals surface area (Å²) in [4.78, 5) is 15.5. The van der Waals surface area contributed by atoms with E-state index in [0.29, 0.717) is 5.82 Å². The van der Waals surface area contributed by atoms with E-state index in [4.69, 9.17) is 0 Å². The molecule has 8 nitrogen and oxygen atoms in total. The molecule has 8 heteroatoms. The Labute approximate surface area is 140 Å². The maximum atomic E-state index is 4.57. The molecule has 126 valence electrons. The molecular weight excluding hydrogens is 304 g/mol. The van der Waals surface area contributed by atoms with Crippen molar-refractivity contribution in [3.05, 3.63) is 29.2 Å². The first kappa shape index (κ1) is 16.1. The van der Waals surface area contributed by atoms with Crippen LogP contribution in [0.3, 0.4) is 0 Å². The minimum absolute atomic E-state index is 0.626. The fourth-order valence-electron chi connectivity index (χ4n) is 2.50. The van der Waals surface area contributed by atoms with Crippen LogP contribution in [-0.4, -0.2) is 47.4 Å². The van der Waals surface area contributed by atoms with E-state index in [2.05, 4.69) is 43.9 Å². The van der Waals surface area contributed by atoms with E-state index in [0.717, 1.165) is 41.9 Å². The summed E-state index contributed by atoms with van der Waals surface area (Å²) in [6.07, 6.45) is 5.53. The lowest BCUT2D eigenvalue weighted by molar-refractivity contribution is 0.738. The quantitative estimate of drug-likeness (QED) is 0.712. The van der Waals surface area contributed by atoms with E-state index in [1.165, 1.54) is 0 Å². The van der Waals surface area contributed by atoms with E-state index in [9.17, 15) is 0 Å². The third-order valence-electron chi connectivity index (χ3n) is 3.94. The molecule has 0 fully saturated rings. The molecule has 0 atom stereocenters. The maximum Gasteiger partial charge on any atom is 0.245 e. The standard InChI is InChI=1S/C16H22N8/c1-6-23(7-2)16-19-14(22(5)21-16)9-8-13-18-15-12(4)17-10-11(3)24(15)20-13/h8-10H,6-7H2,1-5H3. The van der Waals surface area contributed by atoms with Gasteiger partial charge in [0.1, 0.15) is 0 Å². The summed E-state index contributed by atoms with van der Waals surface area (Å²) in [6.45, 7) is 9.83. The van der Waals surface area contributed by atoms with Crippen LogP contribution in [0.15, 0.2) is 6.20 Å². The van der Waals surface area contributed by atoms with Gasteiger partial charge in [-0.25, -0.2) is 14.2 Å². The zero-order valence-electron chi connectivity index (χ0n) is 14.7. The molecule has 0 radical (unpaired) electrons. The first-order chi connectivity index (χ1) is 11.5. The van der Waals surface area contributed by atoms with E-state index in [1.807, 2.05) is 33.0 Å². The van der Waals surface area contributed by atoms with E-state index in [1.54, 1.807) is 15.4 Å². The van der Waals surface area contributed by atoms with Gasteiger partial charge in [0.2, 0.25) is 5.95 Å². The average molecular weight is 326 g/mol. The van der Waals surface area contributed by atoms with Gasteiger partial charge in [-0.15, -0.1) is 10.2 Å². The summed E-state index contributed by atoms with van der Waals surface area (Å²) < 4.78 is 3.57. The van der Waals surface area contributed by atoms with E-state index < -0.39 is 0 Å². The van der Waals surface area contributed by atoms with Gasteiger partial charge in [0, 0.05) is 26.3 Å². The number of hydrogen-bond acceptors (Lipinski definition) is 6. The number of hydrogen-bond donors (Lipinski definition) is 0. The van der Waals surface area contributed by atoms with Crippen molar-refractivity contribution in [2.75, 3.05) is 18.0 Å². The van der Waals surface area contributed by atoms with Crippen LogP contribution in [0.1, 0.15) is 36.9 Å². The van der Waals surface area contributed by atoms with Gasteiger partial charge in [0.05, 0.1) is 11.4 Å². The third-order valence-corrected chi connectivity index (χ3v) is 3.94. The van der Waals surface area contributed by atoms with Crippen LogP contribution in [0.5, 0.6) is 0 Å². The minimum atomic E-state index is 0.626. The number of fused-ring (bicyclic) bond motifs is 1. The molecule has 0 aliphatic heterocycles. The van der Waals surface area contributed by atoms with Crippen molar-refractivity contribution < 1.29 is 0 Å². The molecule has 24 heavy (non-hydrogen) atoms. The van der Waals surface area contributed by atoms with Crippen molar-refractivity contribution in [1.29, 1.82) is 0 Å². The van der Waals surface area contributed by atoms with Crippen molar-refractivity contribution in [2.24, 2.45) is 7.05 Å². The molecule has 0 N–H and O–H groups in total. The second kappa shape index (κ2) is 6.38. The van der Waals surface area contributed by atoms with Crippen LogP contribution in [0.2, 0.25) is 0 Å². The van der Waals surface area contributed by atoms with Crippen molar-refractivity contribution in [3.63, 3.8) is 0 Å². The second-order valence-corrected chi connectivity index (χ2v) is 5.59. The fraction of sp³-hybridized carbons (Fsp3) is 0.438. The third kappa shape index (κ3) is 2.86. The van der Waals surface area contributed by atoms with Crippen LogP contribution in [0.4, 0.5) is 5.95 Å². The minimum Gasteiger partial charge on any atom is -0.340 e.